The molecule has 0 atom stereocenters. The number of aromatic nitrogens is 4. The molecule has 0 aliphatic carbocycles. The number of rotatable bonds is 3. The summed E-state index contributed by atoms with van der Waals surface area (Å²) in [5.41, 5.74) is 3.20. The van der Waals surface area contributed by atoms with Crippen LogP contribution in [0.15, 0.2) is 24.4 Å². The summed E-state index contributed by atoms with van der Waals surface area (Å²) in [6.45, 7) is 2.31. The molecule has 0 aliphatic rings. The Bertz CT molecular complexity index is 820. The van der Waals surface area contributed by atoms with Gasteiger partial charge in [0.15, 0.2) is 5.69 Å². The third-order valence-electron chi connectivity index (χ3n) is 3.10. The molecule has 0 aliphatic heterocycles. The Kier molecular flexibility index (Phi) is 3.39. The van der Waals surface area contributed by atoms with Crippen LogP contribution in [-0.2, 0) is 13.6 Å². The molecule has 0 radical (unpaired) electrons. The molecule has 2 N–H and O–H groups in total. The van der Waals surface area contributed by atoms with Gasteiger partial charge in [-0.1, -0.05) is 17.7 Å². The van der Waals surface area contributed by atoms with Crippen molar-refractivity contribution >= 4 is 28.5 Å². The number of nitrogens with zero attached hydrogens (tertiary/aromatic N) is 3. The third-order valence-corrected chi connectivity index (χ3v) is 3.38. The van der Waals surface area contributed by atoms with E-state index < -0.39 is 0 Å². The fourth-order valence-electron chi connectivity index (χ4n) is 2.12. The van der Waals surface area contributed by atoms with Crippen molar-refractivity contribution in [3.63, 3.8) is 0 Å². The monoisotopic (exact) mass is 303 g/mol. The Labute approximate surface area is 126 Å². The molecule has 0 bridgehead atoms. The van der Waals surface area contributed by atoms with Gasteiger partial charge in [0, 0.05) is 13.2 Å². The minimum absolute atomic E-state index is 0.214. The number of aryl methyl sites for hydroxylation is 2. The maximum Gasteiger partial charge on any atom is 0.273 e. The predicted octanol–water partition coefficient (Wildman–Crippen LogP) is 2.19. The van der Waals surface area contributed by atoms with Crippen LogP contribution in [0.25, 0.3) is 11.0 Å². The predicted molar refractivity (Wildman–Crippen MR) is 80.2 cm³/mol. The first-order chi connectivity index (χ1) is 10.0. The standard InChI is InChI=1S/C14H14ClN5O/c1-8-3-4-10-11(5-8)18-12(17-10)6-16-14(21)13-9(15)7-20(2)19-13/h3-5,7H,6H2,1-2H3,(H,16,21)(H,17,18). The third kappa shape index (κ3) is 2.75. The van der Waals surface area contributed by atoms with Crippen molar-refractivity contribution in [2.45, 2.75) is 13.5 Å². The number of imidazole rings is 1. The first kappa shape index (κ1) is 13.6. The van der Waals surface area contributed by atoms with E-state index in [1.807, 2.05) is 25.1 Å². The molecule has 2 heterocycles. The second-order valence-corrected chi connectivity index (χ2v) is 5.29. The van der Waals surface area contributed by atoms with E-state index in [0.717, 1.165) is 16.6 Å². The van der Waals surface area contributed by atoms with Gasteiger partial charge in [-0.3, -0.25) is 9.48 Å². The number of nitrogens with one attached hydrogen (secondary N) is 2. The first-order valence-electron chi connectivity index (χ1n) is 6.45. The first-order valence-corrected chi connectivity index (χ1v) is 6.83. The highest BCUT2D eigenvalue weighted by Crippen LogP contribution is 2.14. The van der Waals surface area contributed by atoms with E-state index in [0.29, 0.717) is 17.4 Å². The second-order valence-electron chi connectivity index (χ2n) is 4.89. The molecular formula is C14H14ClN5O. The van der Waals surface area contributed by atoms with Gasteiger partial charge in [-0.05, 0) is 24.6 Å². The number of aromatic amines is 1. The molecule has 3 rings (SSSR count). The van der Waals surface area contributed by atoms with E-state index in [9.17, 15) is 4.79 Å². The zero-order chi connectivity index (χ0) is 15.0. The summed E-state index contributed by atoms with van der Waals surface area (Å²) in [6, 6.07) is 5.96. The van der Waals surface area contributed by atoms with Crippen LogP contribution in [0.2, 0.25) is 5.02 Å². The van der Waals surface area contributed by atoms with Crippen LogP contribution in [0, 0.1) is 6.92 Å². The molecular weight excluding hydrogens is 290 g/mol. The van der Waals surface area contributed by atoms with E-state index >= 15 is 0 Å². The summed E-state index contributed by atoms with van der Waals surface area (Å²) < 4.78 is 1.50. The fourth-order valence-corrected chi connectivity index (χ4v) is 2.39. The summed E-state index contributed by atoms with van der Waals surface area (Å²) in [4.78, 5) is 19.6. The van der Waals surface area contributed by atoms with Crippen molar-refractivity contribution < 1.29 is 4.79 Å². The normalized spacial score (nSPS) is 11.0. The molecule has 3 aromatic rings. The Morgan fingerprint density at radius 3 is 3.00 bits per heavy atom. The van der Waals surface area contributed by atoms with Crippen molar-refractivity contribution in [1.29, 1.82) is 0 Å². The number of halogens is 1. The lowest BCUT2D eigenvalue weighted by molar-refractivity contribution is 0.0944. The van der Waals surface area contributed by atoms with Gasteiger partial charge < -0.3 is 10.3 Å². The highest BCUT2D eigenvalue weighted by Gasteiger charge is 2.14. The van der Waals surface area contributed by atoms with Gasteiger partial charge in [-0.25, -0.2) is 4.98 Å². The summed E-state index contributed by atoms with van der Waals surface area (Å²) in [6.07, 6.45) is 1.58. The number of hydrogen-bond donors (Lipinski definition) is 2. The van der Waals surface area contributed by atoms with Crippen molar-refractivity contribution in [2.24, 2.45) is 7.05 Å². The van der Waals surface area contributed by atoms with Gasteiger partial charge >= 0.3 is 0 Å². The van der Waals surface area contributed by atoms with E-state index in [4.69, 9.17) is 11.6 Å². The molecule has 1 aromatic carbocycles. The zero-order valence-electron chi connectivity index (χ0n) is 11.6. The molecule has 0 unspecified atom stereocenters. The number of fused-ring (bicyclic) bond motifs is 1. The SMILES string of the molecule is Cc1ccc2nc(CNC(=O)c3nn(C)cc3Cl)[nH]c2c1. The molecule has 6 nitrogen and oxygen atoms in total. The zero-order valence-corrected chi connectivity index (χ0v) is 12.4. The number of benzene rings is 1. The number of H-pyrrole nitrogens is 1. The highest BCUT2D eigenvalue weighted by molar-refractivity contribution is 6.33. The number of carbonyl (C=O) groups is 1. The molecule has 0 saturated carbocycles. The quantitative estimate of drug-likeness (QED) is 0.779. The van der Waals surface area contributed by atoms with Crippen molar-refractivity contribution in [3.05, 3.63) is 46.5 Å². The molecule has 0 fully saturated rings. The van der Waals surface area contributed by atoms with Crippen LogP contribution >= 0.6 is 11.6 Å². The molecule has 108 valence electrons. The molecule has 21 heavy (non-hydrogen) atoms. The van der Waals surface area contributed by atoms with E-state index in [-0.39, 0.29) is 11.6 Å². The molecule has 0 saturated heterocycles. The largest absolute Gasteiger partial charge is 0.343 e. The average molecular weight is 304 g/mol. The van der Waals surface area contributed by atoms with Crippen LogP contribution < -0.4 is 5.32 Å². The second kappa shape index (κ2) is 5.21. The molecule has 2 aromatic heterocycles. The van der Waals surface area contributed by atoms with Crippen LogP contribution in [0.1, 0.15) is 21.9 Å². The lowest BCUT2D eigenvalue weighted by atomic mass is 10.2. The fraction of sp³-hybridized carbons (Fsp3) is 0.214. The highest BCUT2D eigenvalue weighted by atomic mass is 35.5. The summed E-state index contributed by atoms with van der Waals surface area (Å²) in [5, 5.41) is 7.10. The van der Waals surface area contributed by atoms with Gasteiger partial charge in [-0.2, -0.15) is 5.10 Å². The minimum atomic E-state index is -0.322. The summed E-state index contributed by atoms with van der Waals surface area (Å²) >= 11 is 5.94. The van der Waals surface area contributed by atoms with Crippen LogP contribution in [0.5, 0.6) is 0 Å². The van der Waals surface area contributed by atoms with Crippen LogP contribution in [0.3, 0.4) is 0 Å². The Hall–Kier alpha value is -2.34. The Balaban J connectivity index is 1.74. The van der Waals surface area contributed by atoms with Crippen molar-refractivity contribution in [1.82, 2.24) is 25.1 Å². The van der Waals surface area contributed by atoms with Gasteiger partial charge in [0.05, 0.1) is 22.6 Å². The Morgan fingerprint density at radius 1 is 1.48 bits per heavy atom. The van der Waals surface area contributed by atoms with Gasteiger partial charge in [0.25, 0.3) is 5.91 Å². The minimum Gasteiger partial charge on any atom is -0.343 e. The van der Waals surface area contributed by atoms with E-state index in [1.165, 1.54) is 4.68 Å². The van der Waals surface area contributed by atoms with E-state index in [1.54, 1.807) is 13.2 Å². The Morgan fingerprint density at radius 2 is 2.29 bits per heavy atom. The smallest absolute Gasteiger partial charge is 0.273 e. The van der Waals surface area contributed by atoms with Crippen molar-refractivity contribution in [2.75, 3.05) is 0 Å². The van der Waals surface area contributed by atoms with Gasteiger partial charge in [0.1, 0.15) is 5.82 Å². The summed E-state index contributed by atoms with van der Waals surface area (Å²) in [7, 11) is 1.71. The van der Waals surface area contributed by atoms with E-state index in [2.05, 4.69) is 20.4 Å². The van der Waals surface area contributed by atoms with Crippen LogP contribution in [-0.4, -0.2) is 25.7 Å². The lowest BCUT2D eigenvalue weighted by Gasteiger charge is -2.00. The number of hydrogen-bond acceptors (Lipinski definition) is 3. The summed E-state index contributed by atoms with van der Waals surface area (Å²) in [5.74, 6) is 0.369. The molecule has 1 amide bonds. The lowest BCUT2D eigenvalue weighted by Crippen LogP contribution is -2.24. The molecule has 0 spiro atoms. The van der Waals surface area contributed by atoms with Gasteiger partial charge in [0.2, 0.25) is 0 Å². The van der Waals surface area contributed by atoms with Gasteiger partial charge in [-0.15, -0.1) is 0 Å². The maximum atomic E-state index is 12.0. The average Bonchev–Trinajstić information content (AvgIpc) is 2.98. The topological polar surface area (TPSA) is 75.6 Å². The molecule has 7 heteroatoms. The number of amides is 1. The van der Waals surface area contributed by atoms with Crippen LogP contribution in [0.4, 0.5) is 0 Å². The maximum absolute atomic E-state index is 12.0. The van der Waals surface area contributed by atoms with Crippen molar-refractivity contribution in [3.8, 4) is 0 Å². The number of carbonyl (C=O) groups excluding carboxylic acids is 1.